The van der Waals surface area contributed by atoms with Gasteiger partial charge in [0.2, 0.25) is 18.7 Å². The van der Waals surface area contributed by atoms with Crippen molar-refractivity contribution in [2.45, 2.75) is 13.1 Å². The Hall–Kier alpha value is -2.44. The molecule has 1 atom stereocenters. The number of hydrogen-bond acceptors (Lipinski definition) is 7. The van der Waals surface area contributed by atoms with Gasteiger partial charge in [-0.15, -0.1) is 0 Å². The van der Waals surface area contributed by atoms with E-state index in [1.807, 2.05) is 44.1 Å². The van der Waals surface area contributed by atoms with Gasteiger partial charge >= 0.3 is 0 Å². The lowest BCUT2D eigenvalue weighted by Gasteiger charge is -2.24. The molecule has 106 valence electrons. The van der Waals surface area contributed by atoms with Crippen molar-refractivity contribution in [2.75, 3.05) is 26.2 Å². The second-order valence-electron chi connectivity index (χ2n) is 4.77. The van der Waals surface area contributed by atoms with Gasteiger partial charge in [-0.05, 0) is 19.1 Å². The Labute approximate surface area is 117 Å². The summed E-state index contributed by atoms with van der Waals surface area (Å²) in [5.41, 5.74) is 0.882. The molecule has 0 amide bonds. The van der Waals surface area contributed by atoms with Crippen molar-refractivity contribution in [3.8, 4) is 11.5 Å². The lowest BCUT2D eigenvalue weighted by molar-refractivity contribution is 0.174. The fraction of sp³-hybridized carbons (Fsp3) is 0.385. The fourth-order valence-electron chi connectivity index (χ4n) is 1.96. The van der Waals surface area contributed by atoms with Gasteiger partial charge in [-0.2, -0.15) is 0 Å². The zero-order valence-corrected chi connectivity index (χ0v) is 11.7. The maximum Gasteiger partial charge on any atom is 0.231 e. The number of guanidine groups is 2. The van der Waals surface area contributed by atoms with Crippen LogP contribution in [0.3, 0.4) is 0 Å². The second-order valence-corrected chi connectivity index (χ2v) is 4.77. The van der Waals surface area contributed by atoms with Crippen molar-refractivity contribution in [3.63, 3.8) is 0 Å². The monoisotopic (exact) mass is 275 g/mol. The Morgan fingerprint density at radius 2 is 2.05 bits per heavy atom. The molecule has 0 spiro atoms. The number of nitrogens with one attached hydrogen (secondary N) is 2. The summed E-state index contributed by atoms with van der Waals surface area (Å²) < 4.78 is 10.6. The standard InChI is InChI=1S/C13H17N5O2/c1-8-14-12(17-13(15-8)18(2)3)16-9-4-5-10-11(6-9)20-7-19-10/h4-6,8H,7H2,1-3H3,(H2,14,15,16,17). The molecule has 2 aliphatic rings. The predicted molar refractivity (Wildman–Crippen MR) is 77.3 cm³/mol. The zero-order valence-electron chi connectivity index (χ0n) is 11.7. The third kappa shape index (κ3) is 2.47. The van der Waals surface area contributed by atoms with E-state index in [4.69, 9.17) is 9.47 Å². The van der Waals surface area contributed by atoms with E-state index in [-0.39, 0.29) is 13.0 Å². The first-order valence-corrected chi connectivity index (χ1v) is 6.38. The van der Waals surface area contributed by atoms with E-state index in [9.17, 15) is 0 Å². The van der Waals surface area contributed by atoms with Crippen LogP contribution in [0.5, 0.6) is 11.5 Å². The second kappa shape index (κ2) is 4.92. The molecular formula is C13H17N5O2. The summed E-state index contributed by atoms with van der Waals surface area (Å²) >= 11 is 0. The highest BCUT2D eigenvalue weighted by atomic mass is 16.7. The Balaban J connectivity index is 1.75. The molecule has 20 heavy (non-hydrogen) atoms. The Morgan fingerprint density at radius 3 is 2.85 bits per heavy atom. The minimum Gasteiger partial charge on any atom is -0.454 e. The number of hydrogen-bond donors (Lipinski definition) is 2. The molecule has 7 heteroatoms. The molecule has 1 aromatic carbocycles. The summed E-state index contributed by atoms with van der Waals surface area (Å²) in [4.78, 5) is 10.7. The Kier molecular flexibility index (Phi) is 3.09. The highest BCUT2D eigenvalue weighted by molar-refractivity contribution is 6.06. The van der Waals surface area contributed by atoms with Crippen LogP contribution in [0.25, 0.3) is 0 Å². The van der Waals surface area contributed by atoms with Crippen molar-refractivity contribution in [2.24, 2.45) is 9.98 Å². The number of rotatable bonds is 1. The molecule has 1 aromatic rings. The number of benzene rings is 1. The molecule has 3 rings (SSSR count). The van der Waals surface area contributed by atoms with Gasteiger partial charge < -0.3 is 19.7 Å². The first-order chi connectivity index (χ1) is 9.61. The molecule has 2 heterocycles. The van der Waals surface area contributed by atoms with Gasteiger partial charge in [0.1, 0.15) is 6.17 Å². The number of nitrogens with zero attached hydrogens (tertiary/aromatic N) is 3. The van der Waals surface area contributed by atoms with Crippen molar-refractivity contribution in [3.05, 3.63) is 18.2 Å². The highest BCUT2D eigenvalue weighted by Gasteiger charge is 2.17. The van der Waals surface area contributed by atoms with Crippen LogP contribution in [0.1, 0.15) is 6.92 Å². The van der Waals surface area contributed by atoms with Crippen LogP contribution in [-0.2, 0) is 0 Å². The van der Waals surface area contributed by atoms with Gasteiger partial charge in [-0.25, -0.2) is 9.98 Å². The topological polar surface area (TPSA) is 70.5 Å². The van der Waals surface area contributed by atoms with E-state index < -0.39 is 0 Å². The minimum atomic E-state index is -0.120. The number of aliphatic imine (C=N–C) groups is 2. The van der Waals surface area contributed by atoms with Crippen LogP contribution in [0.4, 0.5) is 5.69 Å². The Morgan fingerprint density at radius 1 is 1.25 bits per heavy atom. The lowest BCUT2D eigenvalue weighted by Crippen LogP contribution is -2.46. The van der Waals surface area contributed by atoms with Gasteiger partial charge in [-0.1, -0.05) is 0 Å². The Bertz CT molecular complexity index is 582. The first kappa shape index (κ1) is 12.6. The quantitative estimate of drug-likeness (QED) is 0.801. The lowest BCUT2D eigenvalue weighted by atomic mass is 10.3. The maximum absolute atomic E-state index is 5.35. The largest absolute Gasteiger partial charge is 0.454 e. The molecule has 0 fully saturated rings. The smallest absolute Gasteiger partial charge is 0.231 e. The molecule has 2 N–H and O–H groups in total. The van der Waals surface area contributed by atoms with Crippen LogP contribution in [-0.4, -0.2) is 43.9 Å². The molecule has 0 saturated carbocycles. The molecule has 2 aliphatic heterocycles. The van der Waals surface area contributed by atoms with Crippen LogP contribution in [0.2, 0.25) is 0 Å². The van der Waals surface area contributed by atoms with Gasteiger partial charge in [0.15, 0.2) is 11.5 Å². The molecule has 1 unspecified atom stereocenters. The number of fused-ring (bicyclic) bond motifs is 1. The minimum absolute atomic E-state index is 0.120. The summed E-state index contributed by atoms with van der Waals surface area (Å²) in [6.45, 7) is 2.21. The highest BCUT2D eigenvalue weighted by Crippen LogP contribution is 2.34. The molecule has 0 aromatic heterocycles. The van der Waals surface area contributed by atoms with Crippen LogP contribution in [0, 0.1) is 0 Å². The van der Waals surface area contributed by atoms with Gasteiger partial charge in [0.25, 0.3) is 0 Å². The molecular weight excluding hydrogens is 258 g/mol. The van der Waals surface area contributed by atoms with E-state index >= 15 is 0 Å². The summed E-state index contributed by atoms with van der Waals surface area (Å²) in [7, 11) is 3.87. The molecule has 0 bridgehead atoms. The van der Waals surface area contributed by atoms with Crippen LogP contribution in [0.15, 0.2) is 28.2 Å². The van der Waals surface area contributed by atoms with Crippen molar-refractivity contribution >= 4 is 17.6 Å². The molecule has 0 aliphatic carbocycles. The third-order valence-electron chi connectivity index (χ3n) is 2.91. The zero-order chi connectivity index (χ0) is 14.1. The van der Waals surface area contributed by atoms with E-state index in [1.165, 1.54) is 0 Å². The van der Waals surface area contributed by atoms with E-state index in [0.717, 1.165) is 23.1 Å². The van der Waals surface area contributed by atoms with Crippen LogP contribution >= 0.6 is 0 Å². The summed E-state index contributed by atoms with van der Waals surface area (Å²) in [6.07, 6.45) is -0.120. The van der Waals surface area contributed by atoms with Gasteiger partial charge in [-0.3, -0.25) is 5.32 Å². The average molecular weight is 275 g/mol. The van der Waals surface area contributed by atoms with Crippen molar-refractivity contribution < 1.29 is 9.47 Å². The van der Waals surface area contributed by atoms with Gasteiger partial charge in [0, 0.05) is 25.8 Å². The molecule has 0 radical (unpaired) electrons. The molecule has 7 nitrogen and oxygen atoms in total. The van der Waals surface area contributed by atoms with E-state index in [1.54, 1.807) is 0 Å². The number of anilines is 1. The maximum atomic E-state index is 5.35. The first-order valence-electron chi connectivity index (χ1n) is 6.38. The van der Waals surface area contributed by atoms with E-state index in [2.05, 4.69) is 20.6 Å². The average Bonchev–Trinajstić information content (AvgIpc) is 2.85. The normalized spacial score (nSPS) is 19.9. The third-order valence-corrected chi connectivity index (χ3v) is 2.91. The van der Waals surface area contributed by atoms with Crippen molar-refractivity contribution in [1.82, 2.24) is 10.2 Å². The molecule has 0 saturated heterocycles. The van der Waals surface area contributed by atoms with Gasteiger partial charge in [0.05, 0.1) is 0 Å². The summed E-state index contributed by atoms with van der Waals surface area (Å²) in [6, 6.07) is 5.68. The van der Waals surface area contributed by atoms with Crippen molar-refractivity contribution in [1.29, 1.82) is 0 Å². The number of ether oxygens (including phenoxy) is 2. The SMILES string of the molecule is CC1N=C(Nc2ccc3c(c2)OCO3)NC(N(C)C)=N1. The van der Waals surface area contributed by atoms with Crippen LogP contribution < -0.4 is 20.1 Å². The predicted octanol–water partition coefficient (Wildman–Crippen LogP) is 1.05. The summed E-state index contributed by atoms with van der Waals surface area (Å²) in [5, 5.41) is 6.36. The van der Waals surface area contributed by atoms with E-state index in [0.29, 0.717) is 5.96 Å². The fourth-order valence-corrected chi connectivity index (χ4v) is 1.96. The summed E-state index contributed by atoms with van der Waals surface area (Å²) in [5.74, 6) is 2.93.